The van der Waals surface area contributed by atoms with Crippen molar-refractivity contribution in [2.75, 3.05) is 0 Å². The van der Waals surface area contributed by atoms with Crippen molar-refractivity contribution in [1.29, 1.82) is 0 Å². The molecule has 0 bridgehead atoms. The molecule has 2 aromatic heterocycles. The van der Waals surface area contributed by atoms with Crippen molar-refractivity contribution in [3.63, 3.8) is 0 Å². The number of Topliss-reactive ketones (excluding diaryl/α,β-unsaturated/α-hetero) is 1. The van der Waals surface area contributed by atoms with Gasteiger partial charge in [0.1, 0.15) is 0 Å². The second-order valence-corrected chi connectivity index (χ2v) is 9.17. The first-order chi connectivity index (χ1) is 14.8. The molecule has 158 valence electrons. The molecule has 1 atom stereocenters. The number of carbonyl (C=O) groups excluding carboxylic acids is 1. The molecular weight excluding hydrogens is 432 g/mol. The molecule has 4 rings (SSSR count). The van der Waals surface area contributed by atoms with E-state index >= 15 is 0 Å². The summed E-state index contributed by atoms with van der Waals surface area (Å²) >= 11 is 7.49. The van der Waals surface area contributed by atoms with Gasteiger partial charge in [-0.15, -0.1) is 10.2 Å². The van der Waals surface area contributed by atoms with Crippen molar-refractivity contribution in [3.8, 4) is 5.69 Å². The van der Waals surface area contributed by atoms with Crippen LogP contribution in [0.1, 0.15) is 34.0 Å². The Morgan fingerprint density at radius 1 is 1.06 bits per heavy atom. The Kier molecular flexibility index (Phi) is 5.73. The first-order valence-electron chi connectivity index (χ1n) is 9.78. The smallest absolute Gasteiger partial charge is 0.293 e. The fourth-order valence-electron chi connectivity index (χ4n) is 3.33. The number of rotatable bonds is 5. The normalized spacial score (nSPS) is 12.3. The summed E-state index contributed by atoms with van der Waals surface area (Å²) in [5, 5.41) is 8.94. The molecule has 0 aliphatic carbocycles. The van der Waals surface area contributed by atoms with Crippen molar-refractivity contribution in [2.45, 2.75) is 38.1 Å². The third-order valence-corrected chi connectivity index (χ3v) is 6.85. The van der Waals surface area contributed by atoms with Crippen LogP contribution in [0, 0.1) is 20.8 Å². The van der Waals surface area contributed by atoms with Crippen LogP contribution >= 0.6 is 23.4 Å². The maximum Gasteiger partial charge on any atom is 0.300 e. The van der Waals surface area contributed by atoms with Crippen molar-refractivity contribution in [2.24, 2.45) is 0 Å². The topological polar surface area (TPSA) is 69.3 Å². The lowest BCUT2D eigenvalue weighted by molar-refractivity contribution is 0.0993. The zero-order valence-electron chi connectivity index (χ0n) is 17.6. The Labute approximate surface area is 188 Å². The molecule has 0 N–H and O–H groups in total. The van der Waals surface area contributed by atoms with Gasteiger partial charge < -0.3 is 0 Å². The average Bonchev–Trinajstić information content (AvgIpc) is 3.15. The SMILES string of the molecule is Cc1ccc(C(=O)[C@@H](C)Sc2nnc3c(=O)n(-c4cccc(Cl)c4C)ccn23)cc1C. The minimum Gasteiger partial charge on any atom is -0.293 e. The molecule has 0 unspecified atom stereocenters. The summed E-state index contributed by atoms with van der Waals surface area (Å²) in [6.07, 6.45) is 3.39. The van der Waals surface area contributed by atoms with Crippen LogP contribution in [0.2, 0.25) is 5.02 Å². The number of hydrogen-bond donors (Lipinski definition) is 0. The number of halogens is 1. The van der Waals surface area contributed by atoms with Crippen molar-refractivity contribution in [3.05, 3.63) is 86.4 Å². The van der Waals surface area contributed by atoms with Gasteiger partial charge in [0.25, 0.3) is 0 Å². The van der Waals surface area contributed by atoms with Gasteiger partial charge in [0.05, 0.1) is 10.9 Å². The lowest BCUT2D eigenvalue weighted by atomic mass is 10.0. The number of nitrogens with zero attached hydrogens (tertiary/aromatic N) is 4. The number of benzene rings is 2. The molecule has 0 saturated carbocycles. The summed E-state index contributed by atoms with van der Waals surface area (Å²) in [6, 6.07) is 11.1. The number of fused-ring (bicyclic) bond motifs is 1. The molecule has 2 aromatic carbocycles. The fraction of sp³-hybridized carbons (Fsp3) is 0.217. The van der Waals surface area contributed by atoms with E-state index in [9.17, 15) is 9.59 Å². The molecule has 6 nitrogen and oxygen atoms in total. The van der Waals surface area contributed by atoms with E-state index in [2.05, 4.69) is 10.2 Å². The van der Waals surface area contributed by atoms with E-state index in [-0.39, 0.29) is 22.2 Å². The van der Waals surface area contributed by atoms with Crippen LogP contribution < -0.4 is 5.56 Å². The Morgan fingerprint density at radius 2 is 1.84 bits per heavy atom. The second-order valence-electron chi connectivity index (χ2n) is 7.46. The van der Waals surface area contributed by atoms with Crippen molar-refractivity contribution < 1.29 is 4.79 Å². The summed E-state index contributed by atoms with van der Waals surface area (Å²) < 4.78 is 3.12. The van der Waals surface area contributed by atoms with Gasteiger partial charge in [0.2, 0.25) is 5.65 Å². The number of thioether (sulfide) groups is 1. The van der Waals surface area contributed by atoms with Crippen LogP contribution in [-0.4, -0.2) is 30.2 Å². The first kappa shape index (κ1) is 21.3. The Bertz CT molecular complexity index is 1380. The number of aromatic nitrogens is 4. The Balaban J connectivity index is 1.66. The zero-order valence-corrected chi connectivity index (χ0v) is 19.2. The molecular formula is C23H21ClN4O2S. The fourth-order valence-corrected chi connectivity index (χ4v) is 4.41. The summed E-state index contributed by atoms with van der Waals surface area (Å²) in [7, 11) is 0. The van der Waals surface area contributed by atoms with Crippen molar-refractivity contribution >= 4 is 34.8 Å². The van der Waals surface area contributed by atoms with E-state index in [1.54, 1.807) is 28.9 Å². The lowest BCUT2D eigenvalue weighted by Gasteiger charge is -2.12. The second kappa shape index (κ2) is 8.32. The molecule has 0 saturated heterocycles. The van der Waals surface area contributed by atoms with Gasteiger partial charge in [-0.2, -0.15) is 0 Å². The van der Waals surface area contributed by atoms with Gasteiger partial charge in [-0.1, -0.05) is 41.6 Å². The minimum absolute atomic E-state index is 0.00717. The van der Waals surface area contributed by atoms with Crippen LogP contribution in [-0.2, 0) is 0 Å². The number of hydrogen-bond acceptors (Lipinski definition) is 5. The molecule has 4 aromatic rings. The van der Waals surface area contributed by atoms with Crippen LogP contribution in [0.25, 0.3) is 11.3 Å². The van der Waals surface area contributed by atoms with Crippen LogP contribution in [0.4, 0.5) is 0 Å². The van der Waals surface area contributed by atoms with E-state index < -0.39 is 0 Å². The van der Waals surface area contributed by atoms with E-state index in [1.807, 2.05) is 52.0 Å². The minimum atomic E-state index is -0.382. The largest absolute Gasteiger partial charge is 0.300 e. The van der Waals surface area contributed by atoms with Gasteiger partial charge >= 0.3 is 5.56 Å². The molecule has 0 spiro atoms. The molecule has 31 heavy (non-hydrogen) atoms. The molecule has 0 radical (unpaired) electrons. The highest BCUT2D eigenvalue weighted by Gasteiger charge is 2.21. The van der Waals surface area contributed by atoms with E-state index in [0.29, 0.717) is 21.4 Å². The van der Waals surface area contributed by atoms with E-state index in [0.717, 1.165) is 16.7 Å². The lowest BCUT2D eigenvalue weighted by Crippen LogP contribution is -2.21. The highest BCUT2D eigenvalue weighted by molar-refractivity contribution is 8.00. The van der Waals surface area contributed by atoms with Gasteiger partial charge in [0, 0.05) is 23.0 Å². The number of aryl methyl sites for hydroxylation is 2. The van der Waals surface area contributed by atoms with E-state index in [4.69, 9.17) is 11.6 Å². The molecule has 0 amide bonds. The van der Waals surface area contributed by atoms with Crippen LogP contribution in [0.3, 0.4) is 0 Å². The van der Waals surface area contributed by atoms with Gasteiger partial charge in [-0.05, 0) is 62.6 Å². The first-order valence-corrected chi connectivity index (χ1v) is 11.0. The quantitative estimate of drug-likeness (QED) is 0.320. The zero-order chi connectivity index (χ0) is 22.3. The predicted molar refractivity (Wildman–Crippen MR) is 124 cm³/mol. The molecule has 0 aliphatic heterocycles. The Hall–Kier alpha value is -2.90. The van der Waals surface area contributed by atoms with Gasteiger partial charge in [-0.25, -0.2) is 0 Å². The third-order valence-electron chi connectivity index (χ3n) is 5.38. The van der Waals surface area contributed by atoms with Crippen LogP contribution in [0.5, 0.6) is 0 Å². The Morgan fingerprint density at radius 3 is 2.58 bits per heavy atom. The van der Waals surface area contributed by atoms with E-state index in [1.165, 1.54) is 16.3 Å². The highest BCUT2D eigenvalue weighted by Crippen LogP contribution is 2.26. The van der Waals surface area contributed by atoms with Crippen LogP contribution in [0.15, 0.2) is 58.7 Å². The summed E-state index contributed by atoms with van der Waals surface area (Å²) in [5.41, 5.74) is 4.26. The standard InChI is InChI=1S/C23H21ClN4O2S/c1-13-8-9-17(12-14(13)2)20(29)16(4)31-23-26-25-21-22(30)27(10-11-28(21)23)19-7-5-6-18(24)15(19)3/h5-12,16H,1-4H3/t16-/m1/s1. The summed E-state index contributed by atoms with van der Waals surface area (Å²) in [6.45, 7) is 7.70. The maximum absolute atomic E-state index is 13.0. The monoisotopic (exact) mass is 452 g/mol. The number of ketones is 1. The van der Waals surface area contributed by atoms with Gasteiger partial charge in [0.15, 0.2) is 10.9 Å². The van der Waals surface area contributed by atoms with Crippen molar-refractivity contribution in [1.82, 2.24) is 19.2 Å². The molecule has 8 heteroatoms. The number of carbonyl (C=O) groups is 1. The molecule has 0 fully saturated rings. The summed E-state index contributed by atoms with van der Waals surface area (Å²) in [5.74, 6) is 0.00717. The van der Waals surface area contributed by atoms with Gasteiger partial charge in [-0.3, -0.25) is 18.6 Å². The highest BCUT2D eigenvalue weighted by atomic mass is 35.5. The average molecular weight is 453 g/mol. The molecule has 2 heterocycles. The maximum atomic E-state index is 13.0. The predicted octanol–water partition coefficient (Wildman–Crippen LogP) is 4.82. The third kappa shape index (κ3) is 3.91. The molecule has 0 aliphatic rings. The summed E-state index contributed by atoms with van der Waals surface area (Å²) in [4.78, 5) is 25.9.